The number of nitrogens with one attached hydrogen (secondary N) is 3. The van der Waals surface area contributed by atoms with Crippen molar-refractivity contribution >= 4 is 38.3 Å². The molecule has 13 heteroatoms. The van der Waals surface area contributed by atoms with Gasteiger partial charge in [-0.1, -0.05) is 12.1 Å². The summed E-state index contributed by atoms with van der Waals surface area (Å²) in [7, 11) is -4.33. The van der Waals surface area contributed by atoms with Gasteiger partial charge in [0.15, 0.2) is 0 Å². The fraction of sp³-hybridized carbons (Fsp3) is 0.222. The Labute approximate surface area is 228 Å². The Balaban J connectivity index is 1.33. The van der Waals surface area contributed by atoms with E-state index in [1.165, 1.54) is 12.1 Å². The maximum absolute atomic E-state index is 13.0. The fourth-order valence-electron chi connectivity index (χ4n) is 4.35. The number of piperazine rings is 1. The van der Waals surface area contributed by atoms with Crippen molar-refractivity contribution in [3.63, 3.8) is 0 Å². The second-order valence-electron chi connectivity index (χ2n) is 9.37. The van der Waals surface area contributed by atoms with Crippen molar-refractivity contribution in [3.05, 3.63) is 78.1 Å². The first-order chi connectivity index (χ1) is 19.1. The van der Waals surface area contributed by atoms with Crippen molar-refractivity contribution in [3.8, 4) is 11.4 Å². The summed E-state index contributed by atoms with van der Waals surface area (Å²) >= 11 is 0. The maximum Gasteiger partial charge on any atom is 0.323 e. The highest BCUT2D eigenvalue weighted by Gasteiger charge is 2.24. The molecular weight excluding hydrogens is 540 g/mol. The zero-order valence-corrected chi connectivity index (χ0v) is 22.1. The zero-order valence-electron chi connectivity index (χ0n) is 21.3. The molecule has 1 aliphatic rings. The number of carbonyl (C=O) groups is 2. The van der Waals surface area contributed by atoms with Gasteiger partial charge in [0.25, 0.3) is 5.91 Å². The molecule has 2 amide bonds. The molecule has 2 atom stereocenters. The number of anilines is 1. The van der Waals surface area contributed by atoms with Gasteiger partial charge in [0, 0.05) is 29.7 Å². The highest BCUT2D eigenvalue weighted by Crippen LogP contribution is 2.23. The molecule has 206 valence electrons. The number of nitrogens with zero attached hydrogens (tertiary/aromatic N) is 4. The van der Waals surface area contributed by atoms with Gasteiger partial charge in [-0.3, -0.25) is 14.6 Å². The average molecular weight is 566 g/mol. The number of fused-ring (bicyclic) bond motifs is 1. The number of amides is 2. The summed E-state index contributed by atoms with van der Waals surface area (Å²) < 4.78 is 45.4. The predicted octanol–water partition coefficient (Wildman–Crippen LogP) is 3.57. The number of hydrogen-bond acceptors (Lipinski definition) is 8. The van der Waals surface area contributed by atoms with Gasteiger partial charge in [0.1, 0.15) is 15.5 Å². The summed E-state index contributed by atoms with van der Waals surface area (Å²) in [6, 6.07) is 15.9. The Bertz CT molecular complexity index is 1720. The Morgan fingerprint density at radius 3 is 2.70 bits per heavy atom. The number of aromatic nitrogens is 3. The minimum absolute atomic E-state index is 0.00543. The van der Waals surface area contributed by atoms with Crippen LogP contribution in [0.5, 0.6) is 0 Å². The van der Waals surface area contributed by atoms with Crippen LogP contribution >= 0.6 is 0 Å². The Morgan fingerprint density at radius 1 is 1.15 bits per heavy atom. The van der Waals surface area contributed by atoms with E-state index in [0.29, 0.717) is 35.0 Å². The van der Waals surface area contributed by atoms with E-state index in [9.17, 15) is 22.6 Å². The Morgan fingerprint density at radius 2 is 1.93 bits per heavy atom. The molecule has 1 aromatic carbocycles. The van der Waals surface area contributed by atoms with Gasteiger partial charge < -0.3 is 15.5 Å². The van der Waals surface area contributed by atoms with E-state index in [1.54, 1.807) is 12.3 Å². The smallest absolute Gasteiger partial charge is 0.323 e. The van der Waals surface area contributed by atoms with E-state index in [2.05, 4.69) is 15.6 Å². The molecule has 1 aliphatic heterocycles. The molecule has 1 saturated heterocycles. The minimum Gasteiger partial charge on any atom is -0.350 e. The molecule has 0 saturated carbocycles. The first-order valence-electron chi connectivity index (χ1n) is 12.3. The molecule has 3 N–H and O–H groups in total. The number of halogens is 2. The first kappa shape index (κ1) is 27.1. The van der Waals surface area contributed by atoms with Crippen molar-refractivity contribution in [2.24, 2.45) is 0 Å². The number of carbonyl (C=O) groups excluding carboxylic acids is 2. The Hall–Kier alpha value is -4.52. The van der Waals surface area contributed by atoms with Crippen molar-refractivity contribution < 1.29 is 22.6 Å². The van der Waals surface area contributed by atoms with Crippen LogP contribution in [0.15, 0.2) is 71.8 Å². The molecule has 5 rings (SSSR count). The van der Waals surface area contributed by atoms with Crippen LogP contribution in [0.4, 0.5) is 14.6 Å². The van der Waals surface area contributed by atoms with Crippen LogP contribution in [-0.4, -0.2) is 55.9 Å². The molecule has 0 bridgehead atoms. The first-order valence-corrected chi connectivity index (χ1v) is 13.9. The Kier molecular flexibility index (Phi) is 7.39. The number of alkyl halides is 2. The van der Waals surface area contributed by atoms with Gasteiger partial charge in [0.2, 0.25) is 5.91 Å². The van der Waals surface area contributed by atoms with Gasteiger partial charge in [-0.15, -0.1) is 0 Å². The van der Waals surface area contributed by atoms with Crippen molar-refractivity contribution in [2.75, 3.05) is 18.0 Å². The second-order valence-corrected chi connectivity index (χ2v) is 11.4. The maximum atomic E-state index is 13.0. The molecule has 0 spiro atoms. The van der Waals surface area contributed by atoms with Gasteiger partial charge in [-0.25, -0.2) is 19.0 Å². The van der Waals surface area contributed by atoms with Gasteiger partial charge >= 0.3 is 5.76 Å². The van der Waals surface area contributed by atoms with E-state index in [1.807, 2.05) is 42.2 Å². The van der Waals surface area contributed by atoms with E-state index in [4.69, 9.17) is 14.7 Å². The summed E-state index contributed by atoms with van der Waals surface area (Å²) in [5.74, 6) is -3.33. The summed E-state index contributed by atoms with van der Waals surface area (Å²) in [5, 5.41) is 6.33. The quantitative estimate of drug-likeness (QED) is 0.311. The molecule has 4 heterocycles. The topological polar surface area (TPSA) is 141 Å². The van der Waals surface area contributed by atoms with Crippen LogP contribution in [0.1, 0.15) is 23.0 Å². The molecule has 40 heavy (non-hydrogen) atoms. The zero-order chi connectivity index (χ0) is 28.4. The summed E-state index contributed by atoms with van der Waals surface area (Å²) in [6.07, 6.45) is 1.63. The lowest BCUT2D eigenvalue weighted by molar-refractivity contribution is -0.121. The van der Waals surface area contributed by atoms with Crippen LogP contribution < -0.4 is 15.5 Å². The van der Waals surface area contributed by atoms with E-state index in [0.717, 1.165) is 17.5 Å². The number of hydrogen-bond donors (Lipinski definition) is 3. The number of benzene rings is 1. The van der Waals surface area contributed by atoms with E-state index < -0.39 is 26.3 Å². The number of rotatable bonds is 7. The van der Waals surface area contributed by atoms with E-state index >= 15 is 0 Å². The van der Waals surface area contributed by atoms with Crippen LogP contribution in [0.2, 0.25) is 0 Å². The van der Waals surface area contributed by atoms with Crippen LogP contribution in [0.3, 0.4) is 0 Å². The van der Waals surface area contributed by atoms with Crippen molar-refractivity contribution in [1.29, 1.82) is 4.78 Å². The van der Waals surface area contributed by atoms with Gasteiger partial charge in [-0.2, -0.15) is 8.78 Å². The van der Waals surface area contributed by atoms with Crippen LogP contribution in [0, 0.1) is 4.78 Å². The van der Waals surface area contributed by atoms with Crippen LogP contribution in [0.25, 0.3) is 22.3 Å². The largest absolute Gasteiger partial charge is 0.350 e. The van der Waals surface area contributed by atoms with Crippen molar-refractivity contribution in [2.45, 2.75) is 30.2 Å². The fourth-order valence-corrected chi connectivity index (χ4v) is 5.14. The molecule has 4 aromatic rings. The third kappa shape index (κ3) is 5.73. The monoisotopic (exact) mass is 565 g/mol. The standard InChI is InChI=1S/C27H25F2N7O3S/c1-16-14-36(15-25(37)33-16)24-7-3-6-21(35-24)22-9-8-18-12-31-19(11-23(18)34-22)13-32-26(38)17-4-2-5-20(10-17)40(30,39)27(28)29/h2-12,16,27,30H,13-15H2,1H3,(H,32,38)(H,33,37)/t16-,40+/m0/s1. The van der Waals surface area contributed by atoms with Crippen LogP contribution in [-0.2, 0) is 21.1 Å². The third-order valence-electron chi connectivity index (χ3n) is 6.31. The SMILES string of the molecule is C[C@H]1CN(c2cccc(-c3ccc4cnc(CNC(=O)c5cccc([S@@](=N)(=O)C(F)F)c5)cc4n3)n2)CC(=O)N1. The lowest BCUT2D eigenvalue weighted by atomic mass is 10.1. The van der Waals surface area contributed by atoms with Gasteiger partial charge in [0.05, 0.1) is 40.6 Å². The third-order valence-corrected chi connectivity index (χ3v) is 7.77. The minimum atomic E-state index is -4.33. The summed E-state index contributed by atoms with van der Waals surface area (Å²) in [5.41, 5.74) is 2.40. The number of pyridine rings is 3. The summed E-state index contributed by atoms with van der Waals surface area (Å²) in [4.78, 5) is 39.9. The molecule has 0 unspecified atom stereocenters. The predicted molar refractivity (Wildman–Crippen MR) is 145 cm³/mol. The molecular formula is C27H25F2N7O3S. The highest BCUT2D eigenvalue weighted by molar-refractivity contribution is 7.92. The molecule has 0 aliphatic carbocycles. The lowest BCUT2D eigenvalue weighted by Gasteiger charge is -2.32. The van der Waals surface area contributed by atoms with Gasteiger partial charge in [-0.05, 0) is 55.5 Å². The average Bonchev–Trinajstić information content (AvgIpc) is 2.95. The molecule has 10 nitrogen and oxygen atoms in total. The normalized spacial score (nSPS) is 16.9. The molecule has 1 fully saturated rings. The summed E-state index contributed by atoms with van der Waals surface area (Å²) in [6.45, 7) is 2.84. The van der Waals surface area contributed by atoms with Crippen molar-refractivity contribution in [1.82, 2.24) is 25.6 Å². The lowest BCUT2D eigenvalue weighted by Crippen LogP contribution is -2.53. The second kappa shape index (κ2) is 10.9. The van der Waals surface area contributed by atoms with E-state index in [-0.39, 0.29) is 30.6 Å². The molecule has 0 radical (unpaired) electrons. The molecule has 3 aromatic heterocycles. The highest BCUT2D eigenvalue weighted by atomic mass is 32.2.